The number of para-hydroxylation sites is 1. The average molecular weight is 401 g/mol. The molecule has 3 aromatic rings. The Morgan fingerprint density at radius 3 is 2.47 bits per heavy atom. The maximum atomic E-state index is 12.6. The number of fused-ring (bicyclic) bond motifs is 1. The minimum atomic E-state index is 0.0520. The normalized spacial score (nSPS) is 13.3. The number of rotatable bonds is 7. The fourth-order valence-corrected chi connectivity index (χ4v) is 3.81. The summed E-state index contributed by atoms with van der Waals surface area (Å²) in [7, 11) is 0. The van der Waals surface area contributed by atoms with Gasteiger partial charge in [-0.2, -0.15) is 0 Å². The van der Waals surface area contributed by atoms with Gasteiger partial charge >= 0.3 is 0 Å². The van der Waals surface area contributed by atoms with Crippen LogP contribution in [-0.4, -0.2) is 19.0 Å². The molecule has 3 aromatic carbocycles. The summed E-state index contributed by atoms with van der Waals surface area (Å²) in [6, 6.07) is 26.5. The topological polar surface area (TPSA) is 41.6 Å². The monoisotopic (exact) mass is 400 g/mol. The first-order valence-electron chi connectivity index (χ1n) is 10.6. The predicted molar refractivity (Wildman–Crippen MR) is 121 cm³/mol. The van der Waals surface area contributed by atoms with Crippen molar-refractivity contribution in [3.63, 3.8) is 0 Å². The van der Waals surface area contributed by atoms with Crippen molar-refractivity contribution in [2.75, 3.05) is 18.0 Å². The van der Waals surface area contributed by atoms with Crippen LogP contribution in [0.5, 0.6) is 5.75 Å². The summed E-state index contributed by atoms with van der Waals surface area (Å²) in [5.74, 6) is 0.881. The highest BCUT2D eigenvalue weighted by Gasteiger charge is 2.17. The summed E-state index contributed by atoms with van der Waals surface area (Å²) in [6.07, 6.45) is 3.38. The second-order valence-corrected chi connectivity index (χ2v) is 7.70. The third-order valence-electron chi connectivity index (χ3n) is 5.45. The van der Waals surface area contributed by atoms with Gasteiger partial charge in [0.15, 0.2) is 0 Å². The van der Waals surface area contributed by atoms with Crippen molar-refractivity contribution in [1.82, 2.24) is 5.32 Å². The number of anilines is 1. The molecule has 0 fully saturated rings. The number of carbonyl (C=O) groups is 1. The van der Waals surface area contributed by atoms with E-state index in [1.807, 2.05) is 54.6 Å². The number of aryl methyl sites for hydroxylation is 1. The first-order valence-corrected chi connectivity index (χ1v) is 10.6. The summed E-state index contributed by atoms with van der Waals surface area (Å²) >= 11 is 0. The molecule has 4 nitrogen and oxygen atoms in total. The third-order valence-corrected chi connectivity index (χ3v) is 5.45. The minimum absolute atomic E-state index is 0.0520. The number of ether oxygens (including phenoxy) is 1. The van der Waals surface area contributed by atoms with Crippen molar-refractivity contribution in [3.05, 3.63) is 95.6 Å². The maximum absolute atomic E-state index is 12.6. The SMILES string of the molecule is O=C(CN1CCCCc2ccccc21)NCc1ccc(OCc2ccccc2)cc1. The van der Waals surface area contributed by atoms with Crippen molar-refractivity contribution in [1.29, 1.82) is 0 Å². The van der Waals surface area contributed by atoms with Crippen LogP contribution in [0.2, 0.25) is 0 Å². The number of hydrogen-bond donors (Lipinski definition) is 1. The van der Waals surface area contributed by atoms with E-state index in [9.17, 15) is 4.79 Å². The van der Waals surface area contributed by atoms with Gasteiger partial charge in [-0.05, 0) is 54.2 Å². The molecule has 0 atom stereocenters. The van der Waals surface area contributed by atoms with Crippen molar-refractivity contribution in [2.24, 2.45) is 0 Å². The smallest absolute Gasteiger partial charge is 0.239 e. The number of nitrogens with one attached hydrogen (secondary N) is 1. The lowest BCUT2D eigenvalue weighted by atomic mass is 10.1. The molecule has 0 radical (unpaired) electrons. The molecule has 0 aromatic heterocycles. The molecule has 0 spiro atoms. The van der Waals surface area contributed by atoms with E-state index in [-0.39, 0.29) is 5.91 Å². The number of amides is 1. The van der Waals surface area contributed by atoms with Crippen molar-refractivity contribution in [2.45, 2.75) is 32.4 Å². The van der Waals surface area contributed by atoms with Crippen LogP contribution in [0.3, 0.4) is 0 Å². The van der Waals surface area contributed by atoms with Crippen LogP contribution >= 0.6 is 0 Å². The molecule has 154 valence electrons. The van der Waals surface area contributed by atoms with Gasteiger partial charge < -0.3 is 15.0 Å². The van der Waals surface area contributed by atoms with E-state index in [0.717, 1.165) is 36.3 Å². The van der Waals surface area contributed by atoms with Gasteiger partial charge in [0.2, 0.25) is 5.91 Å². The maximum Gasteiger partial charge on any atom is 0.239 e. The summed E-state index contributed by atoms with van der Waals surface area (Å²) in [4.78, 5) is 14.8. The zero-order valence-corrected chi connectivity index (χ0v) is 17.2. The zero-order chi connectivity index (χ0) is 20.6. The number of nitrogens with zero attached hydrogens (tertiary/aromatic N) is 1. The summed E-state index contributed by atoms with van der Waals surface area (Å²) < 4.78 is 5.82. The van der Waals surface area contributed by atoms with E-state index < -0.39 is 0 Å². The van der Waals surface area contributed by atoms with E-state index in [4.69, 9.17) is 4.74 Å². The fourth-order valence-electron chi connectivity index (χ4n) is 3.81. The Hall–Kier alpha value is -3.27. The second-order valence-electron chi connectivity index (χ2n) is 7.70. The molecule has 1 amide bonds. The van der Waals surface area contributed by atoms with Crippen LogP contribution in [0.25, 0.3) is 0 Å². The molecule has 0 unspecified atom stereocenters. The Morgan fingerprint density at radius 1 is 0.867 bits per heavy atom. The molecule has 1 aliphatic heterocycles. The highest BCUT2D eigenvalue weighted by atomic mass is 16.5. The lowest BCUT2D eigenvalue weighted by Gasteiger charge is -2.24. The molecule has 0 bridgehead atoms. The van der Waals surface area contributed by atoms with Gasteiger partial charge in [0.25, 0.3) is 0 Å². The molecular formula is C26H28N2O2. The Bertz CT molecular complexity index is 954. The van der Waals surface area contributed by atoms with E-state index in [1.165, 1.54) is 17.7 Å². The Kier molecular flexibility index (Phi) is 6.65. The standard InChI is InChI=1S/C26H28N2O2/c29-26(19-28-17-7-6-11-23-10-4-5-12-25(23)28)27-18-21-13-15-24(16-14-21)30-20-22-8-2-1-3-9-22/h1-5,8-10,12-16H,6-7,11,17-20H2,(H,27,29). The van der Waals surface area contributed by atoms with Crippen molar-refractivity contribution >= 4 is 11.6 Å². The second kappa shape index (κ2) is 9.97. The van der Waals surface area contributed by atoms with Crippen molar-refractivity contribution in [3.8, 4) is 5.75 Å². The van der Waals surface area contributed by atoms with Crippen LogP contribution in [0.1, 0.15) is 29.5 Å². The van der Waals surface area contributed by atoms with Gasteiger partial charge in [-0.1, -0.05) is 60.7 Å². The molecule has 0 saturated carbocycles. The average Bonchev–Trinajstić information content (AvgIpc) is 3.00. The van der Waals surface area contributed by atoms with E-state index in [1.54, 1.807) is 0 Å². The molecule has 0 saturated heterocycles. The lowest BCUT2D eigenvalue weighted by molar-refractivity contribution is -0.119. The summed E-state index contributed by atoms with van der Waals surface area (Å²) in [5, 5.41) is 3.05. The number of hydrogen-bond acceptors (Lipinski definition) is 3. The minimum Gasteiger partial charge on any atom is -0.489 e. The molecule has 4 heteroatoms. The van der Waals surface area contributed by atoms with E-state index >= 15 is 0 Å². The Labute approximate surface area is 178 Å². The highest BCUT2D eigenvalue weighted by molar-refractivity contribution is 5.81. The van der Waals surface area contributed by atoms with Crippen LogP contribution in [0.4, 0.5) is 5.69 Å². The molecule has 4 rings (SSSR count). The zero-order valence-electron chi connectivity index (χ0n) is 17.2. The van der Waals surface area contributed by atoms with Crippen molar-refractivity contribution < 1.29 is 9.53 Å². The summed E-state index contributed by atoms with van der Waals surface area (Å²) in [5.41, 5.74) is 4.74. The lowest BCUT2D eigenvalue weighted by Crippen LogP contribution is -2.37. The van der Waals surface area contributed by atoms with E-state index in [2.05, 4.69) is 34.5 Å². The number of benzene rings is 3. The van der Waals surface area contributed by atoms with Crippen LogP contribution in [0, 0.1) is 0 Å². The van der Waals surface area contributed by atoms with Gasteiger partial charge in [-0.3, -0.25) is 4.79 Å². The van der Waals surface area contributed by atoms with Gasteiger partial charge in [0, 0.05) is 18.8 Å². The first-order chi connectivity index (χ1) is 14.8. The molecule has 1 aliphatic rings. The molecule has 30 heavy (non-hydrogen) atoms. The predicted octanol–water partition coefficient (Wildman–Crippen LogP) is 4.72. The highest BCUT2D eigenvalue weighted by Crippen LogP contribution is 2.25. The van der Waals surface area contributed by atoms with Crippen LogP contribution in [0.15, 0.2) is 78.9 Å². The molecule has 1 heterocycles. The largest absolute Gasteiger partial charge is 0.489 e. The number of carbonyl (C=O) groups excluding carboxylic acids is 1. The van der Waals surface area contributed by atoms with Gasteiger partial charge in [0.05, 0.1) is 6.54 Å². The molecular weight excluding hydrogens is 372 g/mol. The quantitative estimate of drug-likeness (QED) is 0.624. The Morgan fingerprint density at radius 2 is 1.63 bits per heavy atom. The van der Waals surface area contributed by atoms with E-state index in [0.29, 0.717) is 19.7 Å². The third kappa shape index (κ3) is 5.41. The fraction of sp³-hybridized carbons (Fsp3) is 0.269. The van der Waals surface area contributed by atoms with Gasteiger partial charge in [0.1, 0.15) is 12.4 Å². The van der Waals surface area contributed by atoms with Gasteiger partial charge in [-0.15, -0.1) is 0 Å². The van der Waals surface area contributed by atoms with Crippen LogP contribution in [-0.2, 0) is 24.4 Å². The summed E-state index contributed by atoms with van der Waals surface area (Å²) in [6.45, 7) is 2.40. The molecule has 1 N–H and O–H groups in total. The first kappa shape index (κ1) is 20.0. The Balaban J connectivity index is 1.27. The van der Waals surface area contributed by atoms with Crippen LogP contribution < -0.4 is 15.0 Å². The van der Waals surface area contributed by atoms with Gasteiger partial charge in [-0.25, -0.2) is 0 Å². The molecule has 0 aliphatic carbocycles.